The summed E-state index contributed by atoms with van der Waals surface area (Å²) in [5.74, 6) is -0.00118. The zero-order chi connectivity index (χ0) is 19.3. The first-order chi connectivity index (χ1) is 12.0. The van der Waals surface area contributed by atoms with Crippen LogP contribution in [-0.4, -0.2) is 69.7 Å². The number of rotatable bonds is 4. The molecule has 0 saturated carbocycles. The molecule has 0 unspecified atom stereocenters. The maximum Gasteiger partial charge on any atom is 2.00 e. The number of fused-ring (bicyclic) bond motifs is 1. The Kier molecular flexibility index (Phi) is 8.13. The molecule has 3 atom stereocenters. The number of halogens is 1. The first-order valence-electron chi connectivity index (χ1n) is 8.67. The normalized spacial score (nSPS) is 22.7. The summed E-state index contributed by atoms with van der Waals surface area (Å²) >= 11 is 0. The summed E-state index contributed by atoms with van der Waals surface area (Å²) in [5.41, 5.74) is 5.69. The summed E-state index contributed by atoms with van der Waals surface area (Å²) in [4.78, 5) is 22.5. The molecular formula is C16H26ClMgN5O4Si. The van der Waals surface area contributed by atoms with Gasteiger partial charge in [0, 0.05) is 0 Å². The number of H-pyrrole nitrogens is 1. The van der Waals surface area contributed by atoms with Gasteiger partial charge in [-0.15, -0.1) is 0 Å². The molecule has 152 valence electrons. The minimum atomic E-state index is -1.96. The molecule has 1 aliphatic heterocycles. The Hall–Kier alpha value is -0.697. The minimum absolute atomic E-state index is 0. The van der Waals surface area contributed by atoms with Gasteiger partial charge in [-0.3, -0.25) is 14.3 Å². The van der Waals surface area contributed by atoms with Gasteiger partial charge in [-0.1, -0.05) is 26.9 Å². The van der Waals surface area contributed by atoms with Crippen molar-refractivity contribution in [2.24, 2.45) is 0 Å². The van der Waals surface area contributed by atoms with Crippen LogP contribution in [0.1, 0.15) is 33.4 Å². The summed E-state index contributed by atoms with van der Waals surface area (Å²) in [6.07, 6.45) is -0.289. The number of aromatic amines is 1. The molecule has 12 heteroatoms. The molecule has 1 fully saturated rings. The summed E-state index contributed by atoms with van der Waals surface area (Å²) in [7, 11) is -1.96. The maximum absolute atomic E-state index is 12.5. The van der Waals surface area contributed by atoms with Gasteiger partial charge in [0.25, 0.3) is 5.56 Å². The number of nitrogens with zero attached hydrogens (tertiary/aromatic N) is 3. The van der Waals surface area contributed by atoms with Crippen molar-refractivity contribution in [1.82, 2.24) is 19.5 Å². The number of nitrogens with one attached hydrogen (secondary N) is 1. The molecule has 3 N–H and O–H groups in total. The van der Waals surface area contributed by atoms with Crippen LogP contribution in [0, 0.1) is 0 Å². The molecule has 1 aliphatic rings. The number of nitrogen functional groups attached to an aromatic ring is 1. The van der Waals surface area contributed by atoms with Gasteiger partial charge in [-0.25, -0.2) is 4.98 Å². The molecule has 0 spiro atoms. The van der Waals surface area contributed by atoms with E-state index in [-0.39, 0.29) is 65.0 Å². The Morgan fingerprint density at radius 3 is 2.71 bits per heavy atom. The zero-order valence-corrected chi connectivity index (χ0v) is 20.0. The largest absolute Gasteiger partial charge is 2.00 e. The van der Waals surface area contributed by atoms with Gasteiger partial charge < -0.3 is 32.4 Å². The van der Waals surface area contributed by atoms with Gasteiger partial charge in [-0.05, 0) is 24.6 Å². The van der Waals surface area contributed by atoms with Crippen molar-refractivity contribution in [3.8, 4) is 0 Å². The molecule has 9 nitrogen and oxygen atoms in total. The van der Waals surface area contributed by atoms with E-state index in [1.54, 1.807) is 4.57 Å². The SMILES string of the molecule is CC(C)(C)[Si](C)(C)OC[C@H]1O[C@@H](n2cnc3c(=O)[nH]c(N)nc32)C[C@@H]1[O-].[Cl-].[Mg+2]. The van der Waals surface area contributed by atoms with E-state index in [0.29, 0.717) is 5.65 Å². The van der Waals surface area contributed by atoms with Crippen LogP contribution in [0.15, 0.2) is 11.1 Å². The van der Waals surface area contributed by atoms with Crippen molar-refractivity contribution in [2.45, 2.75) is 63.8 Å². The van der Waals surface area contributed by atoms with Crippen LogP contribution in [0.2, 0.25) is 18.1 Å². The maximum atomic E-state index is 12.5. The van der Waals surface area contributed by atoms with Crippen LogP contribution in [0.4, 0.5) is 5.95 Å². The second-order valence-corrected chi connectivity index (χ2v) is 13.1. The standard InChI is InChI=1S/C16H26N5O4Si.ClH.Mg/c1-16(2,3)26(4,5)24-7-10-9(22)6-11(25-10)21-8-18-12-13(21)19-15(17)20-14(12)23;;/h8-11H,6-7H2,1-5H3,(H3,17,19,20,23);1H;/q-1;;+2/p-1/t9-,10+,11+;;/m0../s1. The number of imidazole rings is 1. The van der Waals surface area contributed by atoms with Crippen LogP contribution < -0.4 is 28.8 Å². The van der Waals surface area contributed by atoms with E-state index in [4.69, 9.17) is 14.9 Å². The molecule has 1 saturated heterocycles. The quantitative estimate of drug-likeness (QED) is 0.497. The number of aromatic nitrogens is 4. The van der Waals surface area contributed by atoms with E-state index in [0.717, 1.165) is 0 Å². The monoisotopic (exact) mass is 439 g/mol. The predicted octanol–water partition coefficient (Wildman–Crippen LogP) is -2.64. The zero-order valence-electron chi connectivity index (χ0n) is 16.9. The van der Waals surface area contributed by atoms with Crippen molar-refractivity contribution in [1.29, 1.82) is 0 Å². The smallest absolute Gasteiger partial charge is 1.00 e. The Labute approximate surface area is 187 Å². The van der Waals surface area contributed by atoms with Crippen molar-refractivity contribution < 1.29 is 26.7 Å². The fraction of sp³-hybridized carbons (Fsp3) is 0.688. The van der Waals surface area contributed by atoms with E-state index in [2.05, 4.69) is 48.8 Å². The summed E-state index contributed by atoms with van der Waals surface area (Å²) in [6, 6.07) is 0. The van der Waals surface area contributed by atoms with Crippen LogP contribution in [-0.2, 0) is 9.16 Å². The van der Waals surface area contributed by atoms with E-state index < -0.39 is 32.3 Å². The topological polar surface area (TPSA) is 131 Å². The van der Waals surface area contributed by atoms with Crippen molar-refractivity contribution in [2.75, 3.05) is 12.3 Å². The third kappa shape index (κ3) is 4.89. The number of nitrogens with two attached hydrogens (primary N) is 1. The van der Waals surface area contributed by atoms with Gasteiger partial charge in [0.15, 0.2) is 19.5 Å². The predicted molar refractivity (Wildman–Crippen MR) is 104 cm³/mol. The summed E-state index contributed by atoms with van der Waals surface area (Å²) < 4.78 is 13.7. The minimum Gasteiger partial charge on any atom is -1.00 e. The summed E-state index contributed by atoms with van der Waals surface area (Å²) in [6.45, 7) is 11.0. The number of hydrogen-bond donors (Lipinski definition) is 2. The molecule has 3 heterocycles. The molecule has 0 bridgehead atoms. The Morgan fingerprint density at radius 2 is 2.11 bits per heavy atom. The number of anilines is 1. The molecule has 0 aromatic carbocycles. The number of hydrogen-bond acceptors (Lipinski definition) is 7. The van der Waals surface area contributed by atoms with Crippen LogP contribution in [0.25, 0.3) is 11.2 Å². The van der Waals surface area contributed by atoms with Crippen molar-refractivity contribution >= 4 is 48.5 Å². The van der Waals surface area contributed by atoms with Crippen LogP contribution in [0.5, 0.6) is 0 Å². The van der Waals surface area contributed by atoms with E-state index in [1.807, 2.05) is 0 Å². The third-order valence-electron chi connectivity index (χ3n) is 5.36. The van der Waals surface area contributed by atoms with Crippen molar-refractivity contribution in [3.63, 3.8) is 0 Å². The van der Waals surface area contributed by atoms with Crippen LogP contribution in [0.3, 0.4) is 0 Å². The molecule has 0 amide bonds. The molecule has 0 aliphatic carbocycles. The van der Waals surface area contributed by atoms with Gasteiger partial charge in [-0.2, -0.15) is 4.98 Å². The van der Waals surface area contributed by atoms with Crippen LogP contribution >= 0.6 is 0 Å². The van der Waals surface area contributed by atoms with Gasteiger partial charge in [0.2, 0.25) is 5.95 Å². The van der Waals surface area contributed by atoms with Gasteiger partial charge in [0.05, 0.1) is 19.0 Å². The van der Waals surface area contributed by atoms with Gasteiger partial charge >= 0.3 is 23.1 Å². The Balaban J connectivity index is 0.00000196. The summed E-state index contributed by atoms with van der Waals surface area (Å²) in [5, 5.41) is 12.5. The fourth-order valence-corrected chi connectivity index (χ4v) is 3.70. The third-order valence-corrected chi connectivity index (χ3v) is 9.86. The average molecular weight is 440 g/mol. The molecule has 2 aromatic heterocycles. The first-order valence-corrected chi connectivity index (χ1v) is 11.6. The molecule has 3 rings (SSSR count). The first kappa shape index (κ1) is 25.3. The molecular weight excluding hydrogens is 414 g/mol. The molecule has 28 heavy (non-hydrogen) atoms. The average Bonchev–Trinajstić information content (AvgIpc) is 3.07. The number of ether oxygens (including phenoxy) is 1. The molecule has 2 aromatic rings. The Bertz CT molecular complexity index is 869. The second kappa shape index (κ2) is 8.98. The van der Waals surface area contributed by atoms with E-state index in [9.17, 15) is 9.90 Å². The Morgan fingerprint density at radius 1 is 1.46 bits per heavy atom. The second-order valence-electron chi connectivity index (χ2n) is 8.25. The molecule has 0 radical (unpaired) electrons. The fourth-order valence-electron chi connectivity index (χ4n) is 2.68. The van der Waals surface area contributed by atoms with Crippen molar-refractivity contribution in [3.05, 3.63) is 16.7 Å². The van der Waals surface area contributed by atoms with E-state index in [1.165, 1.54) is 6.33 Å². The van der Waals surface area contributed by atoms with Gasteiger partial charge in [0.1, 0.15) is 6.23 Å². The van der Waals surface area contributed by atoms with E-state index >= 15 is 0 Å².